The Morgan fingerprint density at radius 3 is 2.42 bits per heavy atom. The number of pyridine rings is 1. The van der Waals surface area contributed by atoms with Gasteiger partial charge in [0, 0.05) is 23.3 Å². The molecule has 4 rings (SSSR count). The van der Waals surface area contributed by atoms with E-state index in [9.17, 15) is 4.79 Å². The summed E-state index contributed by atoms with van der Waals surface area (Å²) in [6.07, 6.45) is 1.75. The number of carbonyl (C=O) groups is 1. The molecule has 0 fully saturated rings. The highest BCUT2D eigenvalue weighted by Crippen LogP contribution is 2.25. The van der Waals surface area contributed by atoms with Gasteiger partial charge in [0.25, 0.3) is 5.91 Å². The van der Waals surface area contributed by atoms with Crippen LogP contribution in [0.25, 0.3) is 11.1 Å². The number of ether oxygens (including phenoxy) is 1. The van der Waals surface area contributed by atoms with Gasteiger partial charge in [-0.15, -0.1) is 0 Å². The molecule has 3 aromatic carbocycles. The summed E-state index contributed by atoms with van der Waals surface area (Å²) in [6, 6.07) is 28.3. The molecule has 1 heterocycles. The second-order valence-electron chi connectivity index (χ2n) is 6.91. The Hall–Kier alpha value is -4.32. The highest BCUT2D eigenvalue weighted by Gasteiger charge is 2.06. The third kappa shape index (κ3) is 5.61. The Bertz CT molecular complexity index is 1160. The van der Waals surface area contributed by atoms with E-state index < -0.39 is 0 Å². The molecule has 0 saturated carbocycles. The van der Waals surface area contributed by atoms with E-state index in [2.05, 4.69) is 15.6 Å². The molecule has 0 saturated heterocycles. The lowest BCUT2D eigenvalue weighted by Crippen LogP contribution is -2.20. The number of nitrogens with two attached hydrogens (primary N) is 1. The number of aromatic nitrogens is 1. The largest absolute Gasteiger partial charge is 0.484 e. The van der Waals surface area contributed by atoms with Gasteiger partial charge in [-0.25, -0.2) is 4.98 Å². The van der Waals surface area contributed by atoms with E-state index in [-0.39, 0.29) is 12.5 Å². The van der Waals surface area contributed by atoms with Gasteiger partial charge < -0.3 is 21.1 Å². The van der Waals surface area contributed by atoms with Gasteiger partial charge in [-0.2, -0.15) is 0 Å². The topological polar surface area (TPSA) is 89.3 Å². The fourth-order valence-electron chi connectivity index (χ4n) is 3.05. The van der Waals surface area contributed by atoms with Crippen molar-refractivity contribution in [3.05, 3.63) is 97.2 Å². The Labute approximate surface area is 180 Å². The molecule has 1 amide bonds. The van der Waals surface area contributed by atoms with Gasteiger partial charge in [0.15, 0.2) is 6.61 Å². The number of nitrogens with one attached hydrogen (secondary N) is 2. The number of nitrogen functional groups attached to an aromatic ring is 1. The van der Waals surface area contributed by atoms with E-state index in [1.807, 2.05) is 91.0 Å². The van der Waals surface area contributed by atoms with Crippen molar-refractivity contribution in [3.63, 3.8) is 0 Å². The van der Waals surface area contributed by atoms with E-state index in [1.54, 1.807) is 6.20 Å². The molecule has 154 valence electrons. The zero-order chi connectivity index (χ0) is 21.5. The van der Waals surface area contributed by atoms with Crippen molar-refractivity contribution in [2.45, 2.75) is 0 Å². The smallest absolute Gasteiger partial charge is 0.262 e. The van der Waals surface area contributed by atoms with Gasteiger partial charge in [0.2, 0.25) is 0 Å². The van der Waals surface area contributed by atoms with Crippen LogP contribution in [-0.4, -0.2) is 17.5 Å². The maximum absolute atomic E-state index is 12.1. The fourth-order valence-corrected chi connectivity index (χ4v) is 3.05. The van der Waals surface area contributed by atoms with Gasteiger partial charge >= 0.3 is 0 Å². The van der Waals surface area contributed by atoms with Crippen LogP contribution in [0.4, 0.5) is 22.9 Å². The molecule has 0 spiro atoms. The number of para-hydroxylation sites is 1. The first-order chi connectivity index (χ1) is 15.2. The summed E-state index contributed by atoms with van der Waals surface area (Å²) in [6.45, 7) is -0.0465. The van der Waals surface area contributed by atoms with Crippen LogP contribution in [0.1, 0.15) is 0 Å². The molecular formula is C25H22N4O2. The van der Waals surface area contributed by atoms with E-state index >= 15 is 0 Å². The molecule has 1 aromatic heterocycles. The van der Waals surface area contributed by atoms with Crippen LogP contribution < -0.4 is 21.1 Å². The van der Waals surface area contributed by atoms with Crippen LogP contribution in [0.2, 0.25) is 0 Å². The van der Waals surface area contributed by atoms with Crippen molar-refractivity contribution >= 4 is 28.8 Å². The summed E-state index contributed by atoms with van der Waals surface area (Å²) in [5.74, 6) is 1.17. The highest BCUT2D eigenvalue weighted by atomic mass is 16.5. The average Bonchev–Trinajstić information content (AvgIpc) is 2.79. The summed E-state index contributed by atoms with van der Waals surface area (Å²) in [4.78, 5) is 16.5. The first-order valence-electron chi connectivity index (χ1n) is 9.82. The molecule has 0 aliphatic carbocycles. The molecule has 0 radical (unpaired) electrons. The maximum Gasteiger partial charge on any atom is 0.262 e. The molecule has 31 heavy (non-hydrogen) atoms. The minimum atomic E-state index is -0.214. The zero-order valence-electron chi connectivity index (χ0n) is 16.8. The number of rotatable bonds is 7. The van der Waals surface area contributed by atoms with Crippen LogP contribution in [0.3, 0.4) is 0 Å². The summed E-state index contributed by atoms with van der Waals surface area (Å²) in [7, 11) is 0. The predicted octanol–water partition coefficient (Wildman–Crippen LogP) is 5.09. The Morgan fingerprint density at radius 1 is 0.839 bits per heavy atom. The number of nitrogens with zero attached hydrogens (tertiary/aromatic N) is 1. The molecule has 4 N–H and O–H groups in total. The van der Waals surface area contributed by atoms with Gasteiger partial charge in [-0.1, -0.05) is 36.4 Å². The zero-order valence-corrected chi connectivity index (χ0v) is 16.8. The van der Waals surface area contributed by atoms with Crippen molar-refractivity contribution in [1.29, 1.82) is 0 Å². The van der Waals surface area contributed by atoms with Crippen molar-refractivity contribution < 1.29 is 9.53 Å². The Kier molecular flexibility index (Phi) is 6.09. The minimum Gasteiger partial charge on any atom is -0.484 e. The Balaban J connectivity index is 1.38. The summed E-state index contributed by atoms with van der Waals surface area (Å²) in [5, 5.41) is 6.10. The number of hydrogen-bond acceptors (Lipinski definition) is 5. The SMILES string of the molecule is Nc1cccc(Nc2cc(-c3ccc(NC(=O)COc4ccccc4)cc3)ccn2)c1. The number of amides is 1. The quantitative estimate of drug-likeness (QED) is 0.369. The molecule has 0 unspecified atom stereocenters. The number of anilines is 4. The van der Waals surface area contributed by atoms with Gasteiger partial charge in [-0.05, 0) is 65.7 Å². The second-order valence-corrected chi connectivity index (χ2v) is 6.91. The van der Waals surface area contributed by atoms with Crippen LogP contribution in [-0.2, 0) is 4.79 Å². The van der Waals surface area contributed by atoms with E-state index in [4.69, 9.17) is 10.5 Å². The lowest BCUT2D eigenvalue weighted by Gasteiger charge is -2.10. The molecule has 4 aromatic rings. The molecular weight excluding hydrogens is 388 g/mol. The first kappa shape index (κ1) is 20.0. The second kappa shape index (κ2) is 9.45. The standard InChI is InChI=1S/C25H22N4O2/c26-20-5-4-6-22(16-20)28-24-15-19(13-14-27-24)18-9-11-21(12-10-18)29-25(30)17-31-23-7-2-1-3-8-23/h1-16H,17,26H2,(H,27,28)(H,29,30). The molecule has 6 nitrogen and oxygen atoms in total. The van der Waals surface area contributed by atoms with Crippen molar-refractivity contribution in [2.75, 3.05) is 23.0 Å². The van der Waals surface area contributed by atoms with E-state index in [0.29, 0.717) is 17.1 Å². The molecule has 0 atom stereocenters. The number of hydrogen-bond donors (Lipinski definition) is 3. The van der Waals surface area contributed by atoms with Crippen LogP contribution >= 0.6 is 0 Å². The lowest BCUT2D eigenvalue weighted by molar-refractivity contribution is -0.118. The van der Waals surface area contributed by atoms with Crippen LogP contribution in [0.15, 0.2) is 97.2 Å². The lowest BCUT2D eigenvalue weighted by atomic mass is 10.1. The van der Waals surface area contributed by atoms with Crippen LogP contribution in [0.5, 0.6) is 5.75 Å². The van der Waals surface area contributed by atoms with Crippen molar-refractivity contribution in [3.8, 4) is 16.9 Å². The van der Waals surface area contributed by atoms with E-state index in [1.165, 1.54) is 0 Å². The Morgan fingerprint density at radius 2 is 1.65 bits per heavy atom. The number of benzene rings is 3. The fraction of sp³-hybridized carbons (Fsp3) is 0.0400. The van der Waals surface area contributed by atoms with Gasteiger partial charge in [-0.3, -0.25) is 4.79 Å². The van der Waals surface area contributed by atoms with E-state index in [0.717, 1.165) is 22.6 Å². The third-order valence-electron chi connectivity index (χ3n) is 4.53. The first-order valence-corrected chi connectivity index (χ1v) is 9.82. The van der Waals surface area contributed by atoms with Crippen LogP contribution in [0, 0.1) is 0 Å². The summed E-state index contributed by atoms with van der Waals surface area (Å²) in [5.41, 5.74) is 10.1. The van der Waals surface area contributed by atoms with Crippen molar-refractivity contribution in [1.82, 2.24) is 4.98 Å². The van der Waals surface area contributed by atoms with Gasteiger partial charge in [0.1, 0.15) is 11.6 Å². The molecule has 0 aliphatic heterocycles. The molecule has 6 heteroatoms. The van der Waals surface area contributed by atoms with Gasteiger partial charge in [0.05, 0.1) is 0 Å². The molecule has 0 bridgehead atoms. The average molecular weight is 410 g/mol. The number of carbonyl (C=O) groups excluding carboxylic acids is 1. The summed E-state index contributed by atoms with van der Waals surface area (Å²) < 4.78 is 5.47. The molecule has 0 aliphatic rings. The maximum atomic E-state index is 12.1. The predicted molar refractivity (Wildman–Crippen MR) is 124 cm³/mol. The normalized spacial score (nSPS) is 10.3. The minimum absolute atomic E-state index is 0.0465. The monoisotopic (exact) mass is 410 g/mol. The van der Waals surface area contributed by atoms with Crippen molar-refractivity contribution in [2.24, 2.45) is 0 Å². The third-order valence-corrected chi connectivity index (χ3v) is 4.53. The summed E-state index contributed by atoms with van der Waals surface area (Å²) >= 11 is 0. The highest BCUT2D eigenvalue weighted by molar-refractivity contribution is 5.92.